The Kier molecular flexibility index (Phi) is 5.55. The Morgan fingerprint density at radius 1 is 0.857 bits per heavy atom. The summed E-state index contributed by atoms with van der Waals surface area (Å²) in [5.74, 6) is 1.90. The lowest BCUT2D eigenvalue weighted by molar-refractivity contribution is 0.253. The Morgan fingerprint density at radius 3 is 2.43 bits per heavy atom. The Hall–Kier alpha value is -3.61. The van der Waals surface area contributed by atoms with Crippen molar-refractivity contribution in [2.24, 2.45) is 5.92 Å². The first kappa shape index (κ1) is 21.9. The van der Waals surface area contributed by atoms with E-state index in [9.17, 15) is 9.59 Å². The summed E-state index contributed by atoms with van der Waals surface area (Å²) in [5, 5.41) is 0.962. The molecule has 4 aromatic rings. The van der Waals surface area contributed by atoms with Crippen LogP contribution in [0.4, 0.5) is 0 Å². The van der Waals surface area contributed by atoms with E-state index in [0.717, 1.165) is 37.0 Å². The molecule has 0 N–H and O–H groups in total. The number of hydrogen-bond acceptors (Lipinski definition) is 5. The topological polar surface area (TPSA) is 75.3 Å². The van der Waals surface area contributed by atoms with E-state index in [1.54, 1.807) is 16.8 Å². The maximum atomic E-state index is 13.5. The van der Waals surface area contributed by atoms with Crippen LogP contribution in [0.25, 0.3) is 21.8 Å². The molecule has 6 rings (SSSR count). The van der Waals surface area contributed by atoms with E-state index in [-0.39, 0.29) is 17.2 Å². The Bertz CT molecular complexity index is 1540. The van der Waals surface area contributed by atoms with Crippen LogP contribution in [0.5, 0.6) is 11.5 Å². The predicted octanol–water partition coefficient (Wildman–Crippen LogP) is 4.67. The summed E-state index contributed by atoms with van der Waals surface area (Å²) in [6.07, 6.45) is 8.98. The normalized spacial score (nSPS) is 20.1. The van der Waals surface area contributed by atoms with E-state index in [2.05, 4.69) is 11.9 Å². The van der Waals surface area contributed by atoms with Gasteiger partial charge in [-0.15, -0.1) is 0 Å². The highest BCUT2D eigenvalue weighted by molar-refractivity contribution is 5.91. The minimum Gasteiger partial charge on any atom is -0.490 e. The molecule has 0 bridgehead atoms. The molecule has 7 heteroatoms. The van der Waals surface area contributed by atoms with Crippen LogP contribution in [0, 0.1) is 5.92 Å². The van der Waals surface area contributed by atoms with Crippen molar-refractivity contribution in [2.75, 3.05) is 13.2 Å². The molecule has 1 aliphatic carbocycles. The van der Waals surface area contributed by atoms with E-state index >= 15 is 0 Å². The number of fused-ring (bicyclic) bond motifs is 3. The molecule has 0 saturated heterocycles. The molecular weight excluding hydrogens is 442 g/mol. The van der Waals surface area contributed by atoms with Crippen LogP contribution in [0.15, 0.2) is 58.4 Å². The minimum atomic E-state index is -0.162. The van der Waals surface area contributed by atoms with Gasteiger partial charge in [-0.05, 0) is 54.7 Å². The van der Waals surface area contributed by atoms with Gasteiger partial charge in [-0.3, -0.25) is 9.59 Å². The third kappa shape index (κ3) is 3.99. The fourth-order valence-corrected chi connectivity index (χ4v) is 5.48. The van der Waals surface area contributed by atoms with E-state index < -0.39 is 0 Å². The molecular formula is C28H29N3O4. The molecule has 1 aromatic carbocycles. The van der Waals surface area contributed by atoms with Crippen LogP contribution in [-0.2, 0) is 6.54 Å². The standard InChI is InChI=1S/C28H29N3O4/c1-18-5-2-3-6-24(18)31-12-10-23-21(28(31)33)16-20-22(29-23)9-11-30(27(20)32)17-19-7-8-25-26(15-19)35-14-4-13-34-25/h7-12,15-16,18,24H,2-6,13-14,17H2,1H3. The number of aromatic nitrogens is 3. The van der Waals surface area contributed by atoms with Gasteiger partial charge in [-0.25, -0.2) is 4.98 Å². The summed E-state index contributed by atoms with van der Waals surface area (Å²) in [4.78, 5) is 31.5. The fourth-order valence-electron chi connectivity index (χ4n) is 5.48. The van der Waals surface area contributed by atoms with E-state index in [0.29, 0.717) is 53.2 Å². The summed E-state index contributed by atoms with van der Waals surface area (Å²) in [5.41, 5.74) is 1.94. The van der Waals surface area contributed by atoms with Crippen LogP contribution < -0.4 is 20.6 Å². The lowest BCUT2D eigenvalue weighted by Gasteiger charge is -2.30. The van der Waals surface area contributed by atoms with Crippen LogP contribution in [0.1, 0.15) is 50.6 Å². The predicted molar refractivity (Wildman–Crippen MR) is 136 cm³/mol. The molecule has 4 heterocycles. The van der Waals surface area contributed by atoms with Gasteiger partial charge < -0.3 is 18.6 Å². The van der Waals surface area contributed by atoms with Crippen molar-refractivity contribution in [1.82, 2.24) is 14.1 Å². The second-order valence-electron chi connectivity index (χ2n) is 9.79. The van der Waals surface area contributed by atoms with Crippen molar-refractivity contribution in [3.8, 4) is 11.5 Å². The molecule has 7 nitrogen and oxygen atoms in total. The average molecular weight is 472 g/mol. The Labute approximate surface area is 202 Å². The Balaban J connectivity index is 1.40. The van der Waals surface area contributed by atoms with Gasteiger partial charge in [-0.2, -0.15) is 0 Å². The number of pyridine rings is 3. The number of hydrogen-bond donors (Lipinski definition) is 0. The van der Waals surface area contributed by atoms with Crippen molar-refractivity contribution in [3.63, 3.8) is 0 Å². The van der Waals surface area contributed by atoms with E-state index in [1.807, 2.05) is 41.1 Å². The average Bonchev–Trinajstić information content (AvgIpc) is 3.11. The highest BCUT2D eigenvalue weighted by atomic mass is 16.5. The van der Waals surface area contributed by atoms with E-state index in [4.69, 9.17) is 9.47 Å². The van der Waals surface area contributed by atoms with Crippen LogP contribution in [-0.4, -0.2) is 27.3 Å². The quantitative estimate of drug-likeness (QED) is 0.406. The van der Waals surface area contributed by atoms with Crippen LogP contribution in [0.3, 0.4) is 0 Å². The molecule has 3 aromatic heterocycles. The van der Waals surface area contributed by atoms with Crippen molar-refractivity contribution in [3.05, 3.63) is 75.1 Å². The molecule has 1 aliphatic heterocycles. The highest BCUT2D eigenvalue weighted by Gasteiger charge is 2.24. The van der Waals surface area contributed by atoms with Gasteiger partial charge in [0.2, 0.25) is 0 Å². The second-order valence-corrected chi connectivity index (χ2v) is 9.79. The first-order valence-corrected chi connectivity index (χ1v) is 12.5. The number of rotatable bonds is 3. The summed E-state index contributed by atoms with van der Waals surface area (Å²) in [6, 6.07) is 11.5. The number of ether oxygens (including phenoxy) is 2. The lowest BCUT2D eigenvalue weighted by Crippen LogP contribution is -2.30. The molecule has 2 unspecified atom stereocenters. The van der Waals surface area contributed by atoms with Crippen molar-refractivity contribution in [1.29, 1.82) is 0 Å². The van der Waals surface area contributed by atoms with Crippen molar-refractivity contribution in [2.45, 2.75) is 51.6 Å². The zero-order chi connectivity index (χ0) is 23.9. The summed E-state index contributed by atoms with van der Waals surface area (Å²) in [6.45, 7) is 3.86. The molecule has 180 valence electrons. The molecule has 0 radical (unpaired) electrons. The molecule has 1 saturated carbocycles. The van der Waals surface area contributed by atoms with Gasteiger partial charge in [-0.1, -0.05) is 25.8 Å². The van der Waals surface area contributed by atoms with Gasteiger partial charge in [0, 0.05) is 24.9 Å². The highest BCUT2D eigenvalue weighted by Crippen LogP contribution is 2.33. The van der Waals surface area contributed by atoms with Gasteiger partial charge in [0.1, 0.15) is 0 Å². The molecule has 2 atom stereocenters. The SMILES string of the molecule is CC1CCCCC1n1ccc2nc3ccn(Cc4ccc5c(c4)OCCCO5)c(=O)c3cc2c1=O. The summed E-state index contributed by atoms with van der Waals surface area (Å²) < 4.78 is 15.0. The largest absolute Gasteiger partial charge is 0.490 e. The minimum absolute atomic E-state index is 0.0617. The second kappa shape index (κ2) is 8.87. The molecule has 35 heavy (non-hydrogen) atoms. The van der Waals surface area contributed by atoms with Gasteiger partial charge in [0.05, 0.1) is 41.6 Å². The van der Waals surface area contributed by atoms with Crippen molar-refractivity contribution >= 4 is 21.8 Å². The Morgan fingerprint density at radius 2 is 1.60 bits per heavy atom. The number of benzene rings is 1. The third-order valence-corrected chi connectivity index (χ3v) is 7.43. The number of nitrogens with zero attached hydrogens (tertiary/aromatic N) is 3. The monoisotopic (exact) mass is 471 g/mol. The molecule has 0 amide bonds. The maximum Gasteiger partial charge on any atom is 0.260 e. The molecule has 0 spiro atoms. The first-order valence-electron chi connectivity index (χ1n) is 12.5. The summed E-state index contributed by atoms with van der Waals surface area (Å²) >= 11 is 0. The fraction of sp³-hybridized carbons (Fsp3) is 0.393. The third-order valence-electron chi connectivity index (χ3n) is 7.43. The lowest BCUT2D eigenvalue weighted by atomic mass is 9.85. The van der Waals surface area contributed by atoms with Gasteiger partial charge in [0.25, 0.3) is 11.1 Å². The summed E-state index contributed by atoms with van der Waals surface area (Å²) in [7, 11) is 0. The van der Waals surface area contributed by atoms with Gasteiger partial charge >= 0.3 is 0 Å². The van der Waals surface area contributed by atoms with Crippen LogP contribution >= 0.6 is 0 Å². The first-order chi connectivity index (χ1) is 17.1. The molecule has 2 aliphatic rings. The maximum absolute atomic E-state index is 13.5. The van der Waals surface area contributed by atoms with E-state index in [1.165, 1.54) is 6.42 Å². The zero-order valence-electron chi connectivity index (χ0n) is 19.9. The molecule has 1 fully saturated rings. The van der Waals surface area contributed by atoms with Gasteiger partial charge in [0.15, 0.2) is 11.5 Å². The smallest absolute Gasteiger partial charge is 0.260 e. The van der Waals surface area contributed by atoms with Crippen molar-refractivity contribution < 1.29 is 9.47 Å². The zero-order valence-corrected chi connectivity index (χ0v) is 19.9. The van der Waals surface area contributed by atoms with Crippen LogP contribution in [0.2, 0.25) is 0 Å².